The van der Waals surface area contributed by atoms with Crippen LogP contribution in [0.5, 0.6) is 0 Å². The normalized spacial score (nSPS) is 16.4. The van der Waals surface area contributed by atoms with Crippen LogP contribution in [0.3, 0.4) is 0 Å². The van der Waals surface area contributed by atoms with Crippen LogP contribution in [0.1, 0.15) is 16.7 Å². The van der Waals surface area contributed by atoms with E-state index in [9.17, 15) is 23.5 Å². The number of benzene rings is 3. The maximum atomic E-state index is 14.1. The Bertz CT molecular complexity index is 1310. The number of rotatable bonds is 12. The number of nitrogens with one attached hydrogen (secondary N) is 3. The molecule has 0 saturated carbocycles. The molecule has 3 atom stereocenters. The van der Waals surface area contributed by atoms with Crippen molar-refractivity contribution >= 4 is 17.6 Å². The molecule has 10 heteroatoms. The second-order valence-electron chi connectivity index (χ2n) is 10.2. The van der Waals surface area contributed by atoms with E-state index in [0.717, 1.165) is 28.9 Å². The summed E-state index contributed by atoms with van der Waals surface area (Å²) >= 11 is 0. The quantitative estimate of drug-likeness (QED) is 0.278. The predicted octanol–water partition coefficient (Wildman–Crippen LogP) is 2.80. The fraction of sp³-hybridized carbons (Fsp3) is 0.333. The third-order valence-electron chi connectivity index (χ3n) is 6.88. The van der Waals surface area contributed by atoms with Crippen molar-refractivity contribution in [3.05, 3.63) is 101 Å². The van der Waals surface area contributed by atoms with Gasteiger partial charge >= 0.3 is 6.03 Å². The van der Waals surface area contributed by atoms with E-state index in [2.05, 4.69) is 22.0 Å². The Balaban J connectivity index is 1.37. The maximum absolute atomic E-state index is 14.1. The highest BCUT2D eigenvalue weighted by Gasteiger charge is 2.35. The third kappa shape index (κ3) is 7.77. The highest BCUT2D eigenvalue weighted by atomic mass is 19.1. The molecule has 3 aromatic rings. The maximum Gasteiger partial charge on any atom is 0.318 e. The number of halogens is 2. The summed E-state index contributed by atoms with van der Waals surface area (Å²) in [6.45, 7) is 0.683. The Labute approximate surface area is 233 Å². The molecule has 1 aliphatic heterocycles. The summed E-state index contributed by atoms with van der Waals surface area (Å²) in [7, 11) is 3.94. The molecule has 0 bridgehead atoms. The molecular formula is C30H35F2N5O3. The smallest absolute Gasteiger partial charge is 0.318 e. The van der Waals surface area contributed by atoms with Crippen LogP contribution in [-0.2, 0) is 24.3 Å². The molecule has 0 aromatic heterocycles. The predicted molar refractivity (Wildman–Crippen MR) is 150 cm³/mol. The first-order valence-electron chi connectivity index (χ1n) is 13.2. The van der Waals surface area contributed by atoms with Crippen LogP contribution in [0, 0.1) is 11.6 Å². The minimum absolute atomic E-state index is 0.0100. The lowest BCUT2D eigenvalue weighted by Crippen LogP contribution is -2.53. The van der Waals surface area contributed by atoms with Gasteiger partial charge in [0.15, 0.2) is 0 Å². The van der Waals surface area contributed by atoms with Crippen LogP contribution in [0.25, 0.3) is 0 Å². The van der Waals surface area contributed by atoms with E-state index in [4.69, 9.17) is 0 Å². The first-order valence-corrected chi connectivity index (χ1v) is 13.2. The van der Waals surface area contributed by atoms with Gasteiger partial charge < -0.3 is 30.9 Å². The number of anilines is 1. The van der Waals surface area contributed by atoms with Crippen molar-refractivity contribution in [3.8, 4) is 0 Å². The number of hydrogen-bond acceptors (Lipinski definition) is 5. The first-order chi connectivity index (χ1) is 19.2. The number of carbonyl (C=O) groups excluding carboxylic acids is 2. The van der Waals surface area contributed by atoms with Gasteiger partial charge in [-0.2, -0.15) is 0 Å². The Morgan fingerprint density at radius 1 is 1.07 bits per heavy atom. The number of aliphatic hydroxyl groups excluding tert-OH is 1. The lowest BCUT2D eigenvalue weighted by molar-refractivity contribution is -0.124. The zero-order valence-electron chi connectivity index (χ0n) is 22.6. The second-order valence-corrected chi connectivity index (χ2v) is 10.2. The zero-order valence-corrected chi connectivity index (χ0v) is 22.6. The van der Waals surface area contributed by atoms with Gasteiger partial charge in [-0.25, -0.2) is 13.6 Å². The van der Waals surface area contributed by atoms with Crippen molar-refractivity contribution in [2.24, 2.45) is 0 Å². The summed E-state index contributed by atoms with van der Waals surface area (Å²) in [4.78, 5) is 29.0. The fourth-order valence-corrected chi connectivity index (χ4v) is 4.62. The molecule has 4 rings (SSSR count). The van der Waals surface area contributed by atoms with E-state index in [1.165, 1.54) is 11.0 Å². The number of amides is 3. The van der Waals surface area contributed by atoms with E-state index in [-0.39, 0.29) is 25.2 Å². The van der Waals surface area contributed by atoms with Gasteiger partial charge in [-0.1, -0.05) is 48.5 Å². The van der Waals surface area contributed by atoms with Crippen molar-refractivity contribution in [1.82, 2.24) is 20.9 Å². The van der Waals surface area contributed by atoms with Crippen LogP contribution in [0.15, 0.2) is 72.8 Å². The van der Waals surface area contributed by atoms with Gasteiger partial charge in [0.1, 0.15) is 17.7 Å². The van der Waals surface area contributed by atoms with Gasteiger partial charge in [0, 0.05) is 44.5 Å². The second kappa shape index (κ2) is 13.4. The minimum Gasteiger partial charge on any atom is -0.390 e. The molecule has 1 saturated heterocycles. The molecule has 1 aliphatic rings. The van der Waals surface area contributed by atoms with Crippen LogP contribution in [0.2, 0.25) is 0 Å². The number of nitrogens with zero attached hydrogens (tertiary/aromatic N) is 2. The number of urea groups is 1. The molecule has 1 unspecified atom stereocenters. The molecule has 212 valence electrons. The van der Waals surface area contributed by atoms with E-state index in [0.29, 0.717) is 13.0 Å². The van der Waals surface area contributed by atoms with Gasteiger partial charge in [0.05, 0.1) is 25.2 Å². The molecule has 0 aliphatic carbocycles. The molecular weight excluding hydrogens is 516 g/mol. The van der Waals surface area contributed by atoms with Gasteiger partial charge in [-0.05, 0) is 35.7 Å². The number of hydrogen-bond donors (Lipinski definition) is 4. The lowest BCUT2D eigenvalue weighted by Gasteiger charge is -2.26. The summed E-state index contributed by atoms with van der Waals surface area (Å²) in [6.07, 6.45) is -0.529. The Kier molecular flexibility index (Phi) is 9.68. The summed E-state index contributed by atoms with van der Waals surface area (Å²) in [6, 6.07) is 18.7. The largest absolute Gasteiger partial charge is 0.390 e. The summed E-state index contributed by atoms with van der Waals surface area (Å²) in [5.74, 6) is -1.91. The molecule has 3 aromatic carbocycles. The van der Waals surface area contributed by atoms with Gasteiger partial charge in [-0.15, -0.1) is 0 Å². The van der Waals surface area contributed by atoms with Crippen molar-refractivity contribution in [3.63, 3.8) is 0 Å². The molecule has 40 heavy (non-hydrogen) atoms. The Morgan fingerprint density at radius 3 is 2.55 bits per heavy atom. The summed E-state index contributed by atoms with van der Waals surface area (Å²) in [5, 5.41) is 19.9. The monoisotopic (exact) mass is 551 g/mol. The van der Waals surface area contributed by atoms with Crippen LogP contribution < -0.4 is 20.9 Å². The number of carbonyl (C=O) groups is 2. The average molecular weight is 552 g/mol. The van der Waals surface area contributed by atoms with Crippen molar-refractivity contribution in [1.29, 1.82) is 0 Å². The van der Waals surface area contributed by atoms with Crippen LogP contribution in [-0.4, -0.2) is 67.3 Å². The molecule has 1 heterocycles. The van der Waals surface area contributed by atoms with Crippen molar-refractivity contribution < 1.29 is 23.5 Å². The SMILES string of the molecule is CN(C)c1cccc(CNC[C@@H](O)[C@H](Cc2ccccc2)NC(=O)C2CN(Cc3ccc(F)cc3F)C(=O)N2)c1. The van der Waals surface area contributed by atoms with Gasteiger partial charge in [0.2, 0.25) is 5.91 Å². The topological polar surface area (TPSA) is 96.9 Å². The summed E-state index contributed by atoms with van der Waals surface area (Å²) < 4.78 is 27.4. The molecule has 1 fully saturated rings. The first kappa shape index (κ1) is 29.0. The van der Waals surface area contributed by atoms with Crippen LogP contribution in [0.4, 0.5) is 19.3 Å². The summed E-state index contributed by atoms with van der Waals surface area (Å²) in [5.41, 5.74) is 3.23. The van der Waals surface area contributed by atoms with Crippen molar-refractivity contribution in [2.75, 3.05) is 32.1 Å². The number of aliphatic hydroxyl groups is 1. The highest BCUT2D eigenvalue weighted by Crippen LogP contribution is 2.16. The van der Waals surface area contributed by atoms with E-state index in [1.807, 2.05) is 67.5 Å². The highest BCUT2D eigenvalue weighted by molar-refractivity contribution is 5.90. The van der Waals surface area contributed by atoms with E-state index < -0.39 is 41.8 Å². The molecule has 0 spiro atoms. The molecule has 3 amide bonds. The fourth-order valence-electron chi connectivity index (χ4n) is 4.62. The Morgan fingerprint density at radius 2 is 1.82 bits per heavy atom. The van der Waals surface area contributed by atoms with Crippen molar-refractivity contribution in [2.45, 2.75) is 37.7 Å². The van der Waals surface area contributed by atoms with Crippen LogP contribution >= 0.6 is 0 Å². The van der Waals surface area contributed by atoms with E-state index >= 15 is 0 Å². The minimum atomic E-state index is -0.914. The Hall–Kier alpha value is -4.02. The van der Waals surface area contributed by atoms with E-state index in [1.54, 1.807) is 0 Å². The molecule has 0 radical (unpaired) electrons. The standard InChI is InChI=1S/C30H35F2N5O3/c1-36(2)24-10-6-9-21(13-24)16-33-17-28(38)26(14-20-7-4-3-5-8-20)34-29(39)27-19-37(30(40)35-27)18-22-11-12-23(31)15-25(22)32/h3-13,15,26-28,33,38H,14,16-19H2,1-2H3,(H,34,39)(H,35,40)/t26-,27?,28+/m0/s1. The third-order valence-corrected chi connectivity index (χ3v) is 6.88. The average Bonchev–Trinajstić information content (AvgIpc) is 3.30. The zero-order chi connectivity index (χ0) is 28.6. The molecule has 8 nitrogen and oxygen atoms in total. The lowest BCUT2D eigenvalue weighted by atomic mass is 10.0. The molecule has 4 N–H and O–H groups in total. The van der Waals surface area contributed by atoms with Gasteiger partial charge in [0.25, 0.3) is 0 Å². The van der Waals surface area contributed by atoms with Gasteiger partial charge in [-0.3, -0.25) is 4.79 Å².